The number of hydrogen-bond donors (Lipinski definition) is 1. The van der Waals surface area contributed by atoms with E-state index in [2.05, 4.69) is 41.4 Å². The van der Waals surface area contributed by atoms with E-state index >= 15 is 0 Å². The Morgan fingerprint density at radius 2 is 2.29 bits per heavy atom. The van der Waals surface area contributed by atoms with Crippen molar-refractivity contribution in [1.82, 2.24) is 5.32 Å². The van der Waals surface area contributed by atoms with Gasteiger partial charge in [-0.1, -0.05) is 19.9 Å². The van der Waals surface area contributed by atoms with Crippen LogP contribution >= 0.6 is 11.3 Å². The van der Waals surface area contributed by atoms with Gasteiger partial charge in [0, 0.05) is 23.3 Å². The number of thiophene rings is 1. The topological polar surface area (TPSA) is 38.3 Å². The van der Waals surface area contributed by atoms with Crippen LogP contribution in [0.4, 0.5) is 0 Å². The number of methoxy groups -OCH3 is 1. The first-order valence-corrected chi connectivity index (χ1v) is 6.76. The lowest BCUT2D eigenvalue weighted by Gasteiger charge is -2.23. The van der Waals surface area contributed by atoms with E-state index in [1.54, 1.807) is 11.3 Å². The minimum atomic E-state index is -0.135. The molecule has 0 radical (unpaired) electrons. The van der Waals surface area contributed by atoms with Crippen LogP contribution in [0.25, 0.3) is 0 Å². The lowest BCUT2D eigenvalue weighted by atomic mass is 9.91. The van der Waals surface area contributed by atoms with E-state index in [0.717, 1.165) is 19.5 Å². The van der Waals surface area contributed by atoms with Crippen molar-refractivity contribution >= 4 is 17.3 Å². The molecule has 0 aliphatic heterocycles. The molecule has 0 amide bonds. The maximum Gasteiger partial charge on any atom is 0.305 e. The quantitative estimate of drug-likeness (QED) is 0.601. The molecule has 0 saturated carbocycles. The zero-order chi connectivity index (χ0) is 12.7. The van der Waals surface area contributed by atoms with Crippen LogP contribution in [0.5, 0.6) is 0 Å². The highest BCUT2D eigenvalue weighted by Crippen LogP contribution is 2.26. The number of esters is 1. The molecular formula is C13H21NO2S. The molecule has 0 bridgehead atoms. The molecule has 1 aromatic heterocycles. The van der Waals surface area contributed by atoms with Crippen molar-refractivity contribution in [2.45, 2.75) is 32.1 Å². The Balaban J connectivity index is 2.20. The number of nitrogens with one attached hydrogen (secondary N) is 1. The van der Waals surface area contributed by atoms with Crippen molar-refractivity contribution in [1.29, 1.82) is 0 Å². The summed E-state index contributed by atoms with van der Waals surface area (Å²) >= 11 is 1.79. The molecule has 3 nitrogen and oxygen atoms in total. The van der Waals surface area contributed by atoms with Crippen LogP contribution < -0.4 is 5.32 Å². The summed E-state index contributed by atoms with van der Waals surface area (Å²) in [5.41, 5.74) is 0.152. The number of ether oxygens (including phenoxy) is 1. The van der Waals surface area contributed by atoms with Crippen LogP contribution in [-0.2, 0) is 14.9 Å². The summed E-state index contributed by atoms with van der Waals surface area (Å²) in [6, 6.07) is 4.25. The normalized spacial score (nSPS) is 11.5. The Morgan fingerprint density at radius 3 is 2.88 bits per heavy atom. The van der Waals surface area contributed by atoms with E-state index in [1.807, 2.05) is 0 Å². The van der Waals surface area contributed by atoms with Crippen LogP contribution in [-0.4, -0.2) is 26.2 Å². The summed E-state index contributed by atoms with van der Waals surface area (Å²) in [4.78, 5) is 12.3. The lowest BCUT2D eigenvalue weighted by molar-refractivity contribution is -0.140. The monoisotopic (exact) mass is 255 g/mol. The van der Waals surface area contributed by atoms with Gasteiger partial charge in [-0.25, -0.2) is 0 Å². The highest BCUT2D eigenvalue weighted by molar-refractivity contribution is 7.10. The summed E-state index contributed by atoms with van der Waals surface area (Å²) in [6.45, 7) is 6.23. The summed E-state index contributed by atoms with van der Waals surface area (Å²) < 4.78 is 4.59. The second-order valence-corrected chi connectivity index (χ2v) is 5.67. The molecule has 0 fully saturated rings. The number of carbonyl (C=O) groups is 1. The van der Waals surface area contributed by atoms with Crippen molar-refractivity contribution in [3.63, 3.8) is 0 Å². The molecule has 1 N–H and O–H groups in total. The van der Waals surface area contributed by atoms with Crippen LogP contribution in [0, 0.1) is 0 Å². The minimum absolute atomic E-state index is 0.135. The third kappa shape index (κ3) is 4.88. The van der Waals surface area contributed by atoms with Gasteiger partial charge in [0.15, 0.2) is 0 Å². The molecule has 17 heavy (non-hydrogen) atoms. The van der Waals surface area contributed by atoms with Crippen LogP contribution in [0.2, 0.25) is 0 Å². The van der Waals surface area contributed by atoms with E-state index in [9.17, 15) is 4.79 Å². The van der Waals surface area contributed by atoms with E-state index in [0.29, 0.717) is 6.42 Å². The average Bonchev–Trinajstić information content (AvgIpc) is 2.82. The van der Waals surface area contributed by atoms with E-state index in [4.69, 9.17) is 0 Å². The van der Waals surface area contributed by atoms with Crippen molar-refractivity contribution in [2.24, 2.45) is 0 Å². The molecule has 4 heteroatoms. The fourth-order valence-corrected chi connectivity index (χ4v) is 2.46. The average molecular weight is 255 g/mol. The predicted molar refractivity (Wildman–Crippen MR) is 71.5 cm³/mol. The van der Waals surface area contributed by atoms with Crippen LogP contribution in [0.1, 0.15) is 31.6 Å². The van der Waals surface area contributed by atoms with Crippen molar-refractivity contribution < 1.29 is 9.53 Å². The molecule has 0 saturated heterocycles. The second-order valence-electron chi connectivity index (χ2n) is 4.72. The second kappa shape index (κ2) is 6.77. The smallest absolute Gasteiger partial charge is 0.305 e. The fourth-order valence-electron chi connectivity index (χ4n) is 1.61. The van der Waals surface area contributed by atoms with Crippen molar-refractivity contribution in [2.75, 3.05) is 20.2 Å². The zero-order valence-electron chi connectivity index (χ0n) is 10.8. The van der Waals surface area contributed by atoms with Gasteiger partial charge in [-0.2, -0.15) is 0 Å². The largest absolute Gasteiger partial charge is 0.469 e. The lowest BCUT2D eigenvalue weighted by Crippen LogP contribution is -2.33. The molecule has 0 aromatic carbocycles. The molecule has 0 spiro atoms. The number of rotatable bonds is 7. The first-order chi connectivity index (χ1) is 8.06. The Hall–Kier alpha value is -0.870. The van der Waals surface area contributed by atoms with Gasteiger partial charge in [0.05, 0.1) is 7.11 Å². The Morgan fingerprint density at radius 1 is 1.53 bits per heavy atom. The third-order valence-corrected chi connectivity index (χ3v) is 3.95. The van der Waals surface area contributed by atoms with E-state index < -0.39 is 0 Å². The molecule has 0 aliphatic carbocycles. The Bertz CT molecular complexity index is 333. The molecule has 1 rings (SSSR count). The molecule has 1 aromatic rings. The van der Waals surface area contributed by atoms with Gasteiger partial charge in [-0.05, 0) is 24.4 Å². The Kier molecular flexibility index (Phi) is 5.65. The van der Waals surface area contributed by atoms with Crippen LogP contribution in [0.15, 0.2) is 17.5 Å². The van der Waals surface area contributed by atoms with Gasteiger partial charge in [-0.15, -0.1) is 11.3 Å². The predicted octanol–water partition coefficient (Wildman–Crippen LogP) is 2.57. The zero-order valence-corrected chi connectivity index (χ0v) is 11.6. The first-order valence-electron chi connectivity index (χ1n) is 5.88. The summed E-state index contributed by atoms with van der Waals surface area (Å²) in [5.74, 6) is -0.135. The summed E-state index contributed by atoms with van der Waals surface area (Å²) in [5, 5.41) is 5.50. The Labute approximate surface area is 107 Å². The molecule has 96 valence electrons. The molecule has 0 unspecified atom stereocenters. The fraction of sp³-hybridized carbons (Fsp3) is 0.615. The minimum Gasteiger partial charge on any atom is -0.469 e. The number of hydrogen-bond acceptors (Lipinski definition) is 4. The third-order valence-electron chi connectivity index (χ3n) is 2.72. The van der Waals surface area contributed by atoms with Gasteiger partial charge < -0.3 is 10.1 Å². The maximum absolute atomic E-state index is 10.9. The van der Waals surface area contributed by atoms with Gasteiger partial charge in [0.25, 0.3) is 0 Å². The highest BCUT2D eigenvalue weighted by atomic mass is 32.1. The maximum atomic E-state index is 10.9. The van der Waals surface area contributed by atoms with E-state index in [1.165, 1.54) is 12.0 Å². The van der Waals surface area contributed by atoms with Gasteiger partial charge in [-0.3, -0.25) is 4.79 Å². The molecular weight excluding hydrogens is 234 g/mol. The van der Waals surface area contributed by atoms with Gasteiger partial charge in [0.1, 0.15) is 0 Å². The highest BCUT2D eigenvalue weighted by Gasteiger charge is 2.20. The van der Waals surface area contributed by atoms with Crippen molar-refractivity contribution in [3.8, 4) is 0 Å². The van der Waals surface area contributed by atoms with E-state index in [-0.39, 0.29) is 11.4 Å². The SMILES string of the molecule is COC(=O)CCCNCC(C)(C)c1cccs1. The summed E-state index contributed by atoms with van der Waals surface area (Å²) in [6.07, 6.45) is 1.32. The summed E-state index contributed by atoms with van der Waals surface area (Å²) in [7, 11) is 1.43. The molecule has 0 atom stereocenters. The first kappa shape index (κ1) is 14.2. The van der Waals surface area contributed by atoms with Crippen LogP contribution in [0.3, 0.4) is 0 Å². The molecule has 0 aliphatic rings. The molecule has 1 heterocycles. The van der Waals surface area contributed by atoms with Gasteiger partial charge >= 0.3 is 5.97 Å². The van der Waals surface area contributed by atoms with Crippen molar-refractivity contribution in [3.05, 3.63) is 22.4 Å². The standard InChI is InChI=1S/C13H21NO2S/c1-13(2,11-6-5-9-17-11)10-14-8-4-7-12(15)16-3/h5-6,9,14H,4,7-8,10H2,1-3H3. The number of carbonyl (C=O) groups excluding carboxylic acids is 1. The van der Waals surface area contributed by atoms with Gasteiger partial charge in [0.2, 0.25) is 0 Å².